The largest absolute Gasteiger partial charge is 0.399 e. The van der Waals surface area contributed by atoms with Gasteiger partial charge in [-0.05, 0) is 49.3 Å². The maximum absolute atomic E-state index is 13.2. The molecule has 1 saturated carbocycles. The van der Waals surface area contributed by atoms with Crippen LogP contribution in [0.2, 0.25) is 0 Å². The number of rotatable bonds is 2. The van der Waals surface area contributed by atoms with E-state index in [1.807, 2.05) is 0 Å². The van der Waals surface area contributed by atoms with E-state index in [1.165, 1.54) is 25.0 Å². The van der Waals surface area contributed by atoms with Gasteiger partial charge in [-0.15, -0.1) is 0 Å². The van der Waals surface area contributed by atoms with Crippen molar-refractivity contribution in [3.8, 4) is 0 Å². The molecule has 1 aromatic rings. The second-order valence-corrected chi connectivity index (χ2v) is 5.42. The minimum absolute atomic E-state index is 0.274. The van der Waals surface area contributed by atoms with E-state index >= 15 is 0 Å². The second kappa shape index (κ2) is 4.94. The summed E-state index contributed by atoms with van der Waals surface area (Å²) < 4.78 is 13.2. The lowest BCUT2D eigenvalue weighted by atomic mass is 9.80. The minimum atomic E-state index is -0.274. The highest BCUT2D eigenvalue weighted by Crippen LogP contribution is 2.31. The predicted octanol–water partition coefficient (Wildman–Crippen LogP) is 3.64. The van der Waals surface area contributed by atoms with Gasteiger partial charge in [-0.25, -0.2) is 4.39 Å². The third-order valence-corrected chi connectivity index (χ3v) is 3.70. The zero-order chi connectivity index (χ0) is 12.4. The van der Waals surface area contributed by atoms with E-state index in [-0.39, 0.29) is 5.82 Å². The van der Waals surface area contributed by atoms with Crippen LogP contribution >= 0.6 is 0 Å². The van der Waals surface area contributed by atoms with Crippen LogP contribution in [0, 0.1) is 17.7 Å². The van der Waals surface area contributed by atoms with E-state index < -0.39 is 0 Å². The van der Waals surface area contributed by atoms with Crippen molar-refractivity contribution in [1.82, 2.24) is 0 Å². The molecule has 2 rings (SSSR count). The zero-order valence-electron chi connectivity index (χ0n) is 10.5. The van der Waals surface area contributed by atoms with Gasteiger partial charge in [0, 0.05) is 17.4 Å². The van der Waals surface area contributed by atoms with Gasteiger partial charge in [-0.3, -0.25) is 0 Å². The van der Waals surface area contributed by atoms with E-state index in [9.17, 15) is 4.39 Å². The summed E-state index contributed by atoms with van der Waals surface area (Å²) in [5.74, 6) is 1.16. The van der Waals surface area contributed by atoms with Crippen molar-refractivity contribution in [3.63, 3.8) is 0 Å². The van der Waals surface area contributed by atoms with Crippen LogP contribution in [0.15, 0.2) is 18.2 Å². The van der Waals surface area contributed by atoms with Gasteiger partial charge in [-0.1, -0.05) is 13.8 Å². The molecule has 0 aromatic heterocycles. The Kier molecular flexibility index (Phi) is 3.55. The Labute approximate surface area is 102 Å². The van der Waals surface area contributed by atoms with Crippen LogP contribution in [0.5, 0.6) is 0 Å². The van der Waals surface area contributed by atoms with Gasteiger partial charge in [0.1, 0.15) is 5.82 Å². The van der Waals surface area contributed by atoms with Crippen LogP contribution < -0.4 is 11.1 Å². The summed E-state index contributed by atoms with van der Waals surface area (Å²) in [5.41, 5.74) is 6.92. The Hall–Kier alpha value is -1.25. The second-order valence-electron chi connectivity index (χ2n) is 5.42. The van der Waals surface area contributed by atoms with Crippen molar-refractivity contribution in [3.05, 3.63) is 24.0 Å². The standard InChI is InChI=1S/C14H21FN2/c1-9-3-4-14(10(2)5-9)17-13-7-11(15)6-12(16)8-13/h6-10,14,17H,3-5,16H2,1-2H3. The van der Waals surface area contributed by atoms with E-state index in [0.717, 1.165) is 18.0 Å². The molecule has 3 atom stereocenters. The van der Waals surface area contributed by atoms with Gasteiger partial charge in [0.05, 0.1) is 0 Å². The summed E-state index contributed by atoms with van der Waals surface area (Å²) in [6.07, 6.45) is 3.63. The predicted molar refractivity (Wildman–Crippen MR) is 70.4 cm³/mol. The molecule has 1 aromatic carbocycles. The summed E-state index contributed by atoms with van der Waals surface area (Å²) in [6, 6.07) is 5.10. The lowest BCUT2D eigenvalue weighted by Crippen LogP contribution is -2.33. The van der Waals surface area contributed by atoms with E-state index in [0.29, 0.717) is 17.6 Å². The molecule has 2 nitrogen and oxygen atoms in total. The van der Waals surface area contributed by atoms with Crippen LogP contribution in [-0.2, 0) is 0 Å². The average molecular weight is 236 g/mol. The van der Waals surface area contributed by atoms with Crippen LogP contribution in [-0.4, -0.2) is 6.04 Å². The lowest BCUT2D eigenvalue weighted by molar-refractivity contribution is 0.276. The van der Waals surface area contributed by atoms with Crippen LogP contribution in [0.25, 0.3) is 0 Å². The summed E-state index contributed by atoms with van der Waals surface area (Å²) in [4.78, 5) is 0. The van der Waals surface area contributed by atoms with Crippen molar-refractivity contribution in [2.24, 2.45) is 11.8 Å². The number of hydrogen-bond acceptors (Lipinski definition) is 2. The highest BCUT2D eigenvalue weighted by atomic mass is 19.1. The maximum atomic E-state index is 13.2. The molecule has 3 unspecified atom stereocenters. The van der Waals surface area contributed by atoms with Crippen molar-refractivity contribution in [2.45, 2.75) is 39.2 Å². The lowest BCUT2D eigenvalue weighted by Gasteiger charge is -2.33. The molecule has 0 heterocycles. The molecule has 3 N–H and O–H groups in total. The van der Waals surface area contributed by atoms with E-state index in [4.69, 9.17) is 5.73 Å². The summed E-state index contributed by atoms with van der Waals surface area (Å²) >= 11 is 0. The molecule has 0 saturated heterocycles. The average Bonchev–Trinajstić information content (AvgIpc) is 2.21. The SMILES string of the molecule is CC1CCC(Nc2cc(N)cc(F)c2)C(C)C1. The first-order valence-corrected chi connectivity index (χ1v) is 6.37. The molecule has 17 heavy (non-hydrogen) atoms. The number of benzene rings is 1. The minimum Gasteiger partial charge on any atom is -0.399 e. The summed E-state index contributed by atoms with van der Waals surface area (Å²) in [7, 11) is 0. The quantitative estimate of drug-likeness (QED) is 0.769. The molecule has 0 aliphatic heterocycles. The molecule has 1 aliphatic rings. The first kappa shape index (κ1) is 12.2. The fraction of sp³-hybridized carbons (Fsp3) is 0.571. The van der Waals surface area contributed by atoms with Crippen LogP contribution in [0.4, 0.5) is 15.8 Å². The number of anilines is 2. The Morgan fingerprint density at radius 3 is 2.65 bits per heavy atom. The highest BCUT2D eigenvalue weighted by Gasteiger charge is 2.25. The summed E-state index contributed by atoms with van der Waals surface area (Å²) in [5, 5.41) is 3.41. The molecule has 94 valence electrons. The first-order valence-electron chi connectivity index (χ1n) is 6.37. The van der Waals surface area contributed by atoms with Gasteiger partial charge in [0.15, 0.2) is 0 Å². The number of nitrogens with two attached hydrogens (primary N) is 1. The molecule has 0 spiro atoms. The van der Waals surface area contributed by atoms with Gasteiger partial charge in [0.2, 0.25) is 0 Å². The third kappa shape index (κ3) is 3.11. The van der Waals surface area contributed by atoms with Gasteiger partial charge >= 0.3 is 0 Å². The molecular weight excluding hydrogens is 215 g/mol. The fourth-order valence-electron chi connectivity index (χ4n) is 2.79. The number of hydrogen-bond donors (Lipinski definition) is 2. The summed E-state index contributed by atoms with van der Waals surface area (Å²) in [6.45, 7) is 4.56. The molecule has 0 bridgehead atoms. The smallest absolute Gasteiger partial charge is 0.127 e. The van der Waals surface area contributed by atoms with Crippen LogP contribution in [0.1, 0.15) is 33.1 Å². The van der Waals surface area contributed by atoms with Crippen molar-refractivity contribution >= 4 is 11.4 Å². The fourth-order valence-corrected chi connectivity index (χ4v) is 2.79. The first-order chi connectivity index (χ1) is 8.04. The molecule has 0 radical (unpaired) electrons. The Morgan fingerprint density at radius 1 is 1.24 bits per heavy atom. The van der Waals surface area contributed by atoms with Gasteiger partial charge in [0.25, 0.3) is 0 Å². The monoisotopic (exact) mass is 236 g/mol. The Morgan fingerprint density at radius 2 is 2.00 bits per heavy atom. The van der Waals surface area contributed by atoms with Crippen molar-refractivity contribution in [2.75, 3.05) is 11.1 Å². The van der Waals surface area contributed by atoms with Gasteiger partial charge in [-0.2, -0.15) is 0 Å². The van der Waals surface area contributed by atoms with Gasteiger partial charge < -0.3 is 11.1 Å². The molecule has 0 amide bonds. The number of nitrogen functional groups attached to an aromatic ring is 1. The van der Waals surface area contributed by atoms with Crippen molar-refractivity contribution < 1.29 is 4.39 Å². The van der Waals surface area contributed by atoms with E-state index in [2.05, 4.69) is 19.2 Å². The Bertz CT molecular complexity index is 372. The number of halogens is 1. The van der Waals surface area contributed by atoms with Crippen LogP contribution in [0.3, 0.4) is 0 Å². The van der Waals surface area contributed by atoms with Crippen molar-refractivity contribution in [1.29, 1.82) is 0 Å². The normalized spacial score (nSPS) is 29.0. The topological polar surface area (TPSA) is 38.0 Å². The Balaban J connectivity index is 2.05. The molecule has 3 heteroatoms. The molecule has 1 aliphatic carbocycles. The maximum Gasteiger partial charge on any atom is 0.127 e. The molecular formula is C14H21FN2. The highest BCUT2D eigenvalue weighted by molar-refractivity contribution is 5.55. The number of nitrogens with one attached hydrogen (secondary N) is 1. The zero-order valence-corrected chi connectivity index (χ0v) is 10.5. The molecule has 1 fully saturated rings. The third-order valence-electron chi connectivity index (χ3n) is 3.70. The van der Waals surface area contributed by atoms with E-state index in [1.54, 1.807) is 6.07 Å².